The largest absolute Gasteiger partial charge is 0.481 e. The van der Waals surface area contributed by atoms with E-state index < -0.39 is 12.1 Å². The smallest absolute Gasteiger partial charge is 0.306 e. The first kappa shape index (κ1) is 17.2. The molecule has 1 unspecified atom stereocenters. The number of para-hydroxylation sites is 1. The molecule has 1 aromatic carbocycles. The molecule has 1 fully saturated rings. The Morgan fingerprint density at radius 2 is 2.00 bits per heavy atom. The van der Waals surface area contributed by atoms with E-state index in [0.717, 1.165) is 11.4 Å². The summed E-state index contributed by atoms with van der Waals surface area (Å²) in [5.41, 5.74) is 2.90. The van der Waals surface area contributed by atoms with Crippen LogP contribution in [0, 0.1) is 13.8 Å². The highest BCUT2D eigenvalue weighted by Crippen LogP contribution is 2.21. The maximum absolute atomic E-state index is 13.0. The van der Waals surface area contributed by atoms with E-state index in [1.807, 2.05) is 44.2 Å². The first-order chi connectivity index (χ1) is 12.0. The maximum atomic E-state index is 13.0. The first-order valence-electron chi connectivity index (χ1n) is 8.21. The maximum Gasteiger partial charge on any atom is 0.306 e. The van der Waals surface area contributed by atoms with Gasteiger partial charge in [0.1, 0.15) is 0 Å². The molecule has 0 saturated carbocycles. The molecule has 25 heavy (non-hydrogen) atoms. The number of carboxylic acid groups (broad SMARTS) is 1. The van der Waals surface area contributed by atoms with Gasteiger partial charge in [-0.15, -0.1) is 0 Å². The molecular formula is C18H21N3O4. The number of rotatable bonds is 4. The van der Waals surface area contributed by atoms with E-state index in [2.05, 4.69) is 5.10 Å². The Morgan fingerprint density at radius 1 is 1.28 bits per heavy atom. The van der Waals surface area contributed by atoms with E-state index in [1.165, 1.54) is 0 Å². The summed E-state index contributed by atoms with van der Waals surface area (Å²) in [5, 5.41) is 13.4. The molecule has 1 aliphatic rings. The number of aromatic nitrogens is 2. The number of aliphatic carboxylic acids is 1. The highest BCUT2D eigenvalue weighted by atomic mass is 16.5. The summed E-state index contributed by atoms with van der Waals surface area (Å²) < 4.78 is 7.21. The molecule has 0 spiro atoms. The Hall–Kier alpha value is -2.67. The van der Waals surface area contributed by atoms with Gasteiger partial charge in [0.2, 0.25) is 0 Å². The van der Waals surface area contributed by atoms with Crippen molar-refractivity contribution in [3.63, 3.8) is 0 Å². The van der Waals surface area contributed by atoms with Crippen LogP contribution < -0.4 is 0 Å². The molecule has 0 aliphatic carbocycles. The molecule has 2 heterocycles. The van der Waals surface area contributed by atoms with Gasteiger partial charge in [0.05, 0.1) is 41.8 Å². The standard InChI is InChI=1S/C18H21N3O4/c1-12-17(13(2)21(19-12)14-6-4-3-5-7-14)18(24)20-8-9-25-15(11-20)10-16(22)23/h3-7,15H,8-11H2,1-2H3,(H,22,23). The van der Waals surface area contributed by atoms with Crippen molar-refractivity contribution in [1.29, 1.82) is 0 Å². The second-order valence-corrected chi connectivity index (χ2v) is 6.14. The number of hydrogen-bond donors (Lipinski definition) is 1. The van der Waals surface area contributed by atoms with Crippen molar-refractivity contribution >= 4 is 11.9 Å². The lowest BCUT2D eigenvalue weighted by Gasteiger charge is -2.32. The number of hydrogen-bond acceptors (Lipinski definition) is 4. The van der Waals surface area contributed by atoms with E-state index in [9.17, 15) is 9.59 Å². The minimum atomic E-state index is -0.927. The summed E-state index contributed by atoms with van der Waals surface area (Å²) in [6.07, 6.45) is -0.578. The van der Waals surface area contributed by atoms with Gasteiger partial charge in [-0.25, -0.2) is 4.68 Å². The van der Waals surface area contributed by atoms with Crippen LogP contribution >= 0.6 is 0 Å². The number of ether oxygens (including phenoxy) is 1. The fourth-order valence-electron chi connectivity index (χ4n) is 3.15. The molecule has 132 valence electrons. The van der Waals surface area contributed by atoms with Crippen molar-refractivity contribution in [2.24, 2.45) is 0 Å². The van der Waals surface area contributed by atoms with Crippen molar-refractivity contribution in [3.05, 3.63) is 47.3 Å². The molecule has 0 radical (unpaired) electrons. The van der Waals surface area contributed by atoms with Crippen LogP contribution in [0.5, 0.6) is 0 Å². The normalized spacial score (nSPS) is 17.5. The van der Waals surface area contributed by atoms with Crippen molar-refractivity contribution in [2.75, 3.05) is 19.7 Å². The summed E-state index contributed by atoms with van der Waals surface area (Å²) in [6, 6.07) is 9.64. The predicted octanol–water partition coefficient (Wildman–Crippen LogP) is 1.80. The third-order valence-electron chi connectivity index (χ3n) is 4.33. The number of carboxylic acids is 1. The number of carbonyl (C=O) groups is 2. The molecule has 2 aromatic rings. The quantitative estimate of drug-likeness (QED) is 0.915. The number of benzene rings is 1. The SMILES string of the molecule is Cc1nn(-c2ccccc2)c(C)c1C(=O)N1CCOC(CC(=O)O)C1. The number of carbonyl (C=O) groups excluding carboxylic acids is 1. The van der Waals surface area contributed by atoms with Gasteiger partial charge in [-0.2, -0.15) is 5.10 Å². The van der Waals surface area contributed by atoms with Crippen LogP contribution in [-0.4, -0.2) is 57.5 Å². The monoisotopic (exact) mass is 343 g/mol. The van der Waals surface area contributed by atoms with E-state index in [0.29, 0.717) is 24.4 Å². The van der Waals surface area contributed by atoms with Crippen molar-refractivity contribution in [1.82, 2.24) is 14.7 Å². The fraction of sp³-hybridized carbons (Fsp3) is 0.389. The summed E-state index contributed by atoms with van der Waals surface area (Å²) in [4.78, 5) is 25.5. The van der Waals surface area contributed by atoms with Gasteiger partial charge in [-0.3, -0.25) is 9.59 Å². The Bertz CT molecular complexity index is 785. The zero-order valence-corrected chi connectivity index (χ0v) is 14.3. The molecule has 1 N–H and O–H groups in total. The lowest BCUT2D eigenvalue weighted by atomic mass is 10.1. The van der Waals surface area contributed by atoms with Crippen LogP contribution in [-0.2, 0) is 9.53 Å². The highest BCUT2D eigenvalue weighted by Gasteiger charge is 2.30. The summed E-state index contributed by atoms with van der Waals surface area (Å²) >= 11 is 0. The van der Waals surface area contributed by atoms with Crippen LogP contribution in [0.4, 0.5) is 0 Å². The number of morpholine rings is 1. The zero-order chi connectivity index (χ0) is 18.0. The second kappa shape index (κ2) is 7.06. The zero-order valence-electron chi connectivity index (χ0n) is 14.3. The van der Waals surface area contributed by atoms with E-state index in [1.54, 1.807) is 9.58 Å². The Labute approximate surface area is 145 Å². The summed E-state index contributed by atoms with van der Waals surface area (Å²) in [7, 11) is 0. The van der Waals surface area contributed by atoms with E-state index >= 15 is 0 Å². The minimum Gasteiger partial charge on any atom is -0.481 e. The molecule has 0 bridgehead atoms. The number of aryl methyl sites for hydroxylation is 1. The molecule has 1 aromatic heterocycles. The lowest BCUT2D eigenvalue weighted by molar-refractivity contribution is -0.141. The van der Waals surface area contributed by atoms with Crippen molar-refractivity contribution in [2.45, 2.75) is 26.4 Å². The van der Waals surface area contributed by atoms with Crippen molar-refractivity contribution < 1.29 is 19.4 Å². The van der Waals surface area contributed by atoms with Gasteiger partial charge in [-0.05, 0) is 26.0 Å². The second-order valence-electron chi connectivity index (χ2n) is 6.14. The van der Waals surface area contributed by atoms with Gasteiger partial charge in [0.25, 0.3) is 5.91 Å². The van der Waals surface area contributed by atoms with E-state index in [-0.39, 0.29) is 18.9 Å². The van der Waals surface area contributed by atoms with Gasteiger partial charge >= 0.3 is 5.97 Å². The molecule has 1 atom stereocenters. The lowest BCUT2D eigenvalue weighted by Crippen LogP contribution is -2.46. The first-order valence-corrected chi connectivity index (χ1v) is 8.21. The molecule has 1 saturated heterocycles. The number of nitrogens with zero attached hydrogens (tertiary/aromatic N) is 3. The summed E-state index contributed by atoms with van der Waals surface area (Å²) in [6.45, 7) is 4.75. The molecule has 1 amide bonds. The van der Waals surface area contributed by atoms with Gasteiger partial charge in [-0.1, -0.05) is 18.2 Å². The van der Waals surface area contributed by atoms with Gasteiger partial charge in [0.15, 0.2) is 0 Å². The van der Waals surface area contributed by atoms with Crippen LogP contribution in [0.15, 0.2) is 30.3 Å². The Kier molecular flexibility index (Phi) is 4.85. The van der Waals surface area contributed by atoms with Crippen LogP contribution in [0.25, 0.3) is 5.69 Å². The topological polar surface area (TPSA) is 84.7 Å². The molecule has 1 aliphatic heterocycles. The van der Waals surface area contributed by atoms with Crippen LogP contribution in [0.1, 0.15) is 28.2 Å². The number of amides is 1. The fourth-order valence-corrected chi connectivity index (χ4v) is 3.15. The van der Waals surface area contributed by atoms with Crippen LogP contribution in [0.2, 0.25) is 0 Å². The third-order valence-corrected chi connectivity index (χ3v) is 4.33. The molecule has 3 rings (SSSR count). The third kappa shape index (κ3) is 3.56. The molecular weight excluding hydrogens is 322 g/mol. The summed E-state index contributed by atoms with van der Waals surface area (Å²) in [5.74, 6) is -1.06. The Balaban J connectivity index is 1.85. The predicted molar refractivity (Wildman–Crippen MR) is 90.9 cm³/mol. The van der Waals surface area contributed by atoms with Crippen molar-refractivity contribution in [3.8, 4) is 5.69 Å². The molecule has 7 nitrogen and oxygen atoms in total. The average molecular weight is 343 g/mol. The minimum absolute atomic E-state index is 0.106. The van der Waals surface area contributed by atoms with Gasteiger partial charge in [0, 0.05) is 13.1 Å². The van der Waals surface area contributed by atoms with Crippen LogP contribution in [0.3, 0.4) is 0 Å². The van der Waals surface area contributed by atoms with Gasteiger partial charge < -0.3 is 14.7 Å². The highest BCUT2D eigenvalue weighted by molar-refractivity contribution is 5.96. The molecule has 7 heteroatoms. The average Bonchev–Trinajstić information content (AvgIpc) is 2.89. The van der Waals surface area contributed by atoms with E-state index in [4.69, 9.17) is 9.84 Å². The Morgan fingerprint density at radius 3 is 2.68 bits per heavy atom.